The van der Waals surface area contributed by atoms with Gasteiger partial charge in [-0.05, 0) is 76.4 Å². The summed E-state index contributed by atoms with van der Waals surface area (Å²) in [5.41, 5.74) is 6.24. The van der Waals surface area contributed by atoms with Crippen molar-refractivity contribution < 1.29 is 13.3 Å². The number of furan rings is 3. The SMILES string of the molecule is Cc1cc(P(c2cc(C)c(C)o2)c2cc(C)c(C)o2)oc1C. The molecule has 0 saturated carbocycles. The lowest BCUT2D eigenvalue weighted by molar-refractivity contribution is 0.547. The van der Waals surface area contributed by atoms with Crippen molar-refractivity contribution in [3.63, 3.8) is 0 Å². The van der Waals surface area contributed by atoms with Crippen molar-refractivity contribution >= 4 is 24.4 Å². The first-order valence-corrected chi connectivity index (χ1v) is 8.72. The summed E-state index contributed by atoms with van der Waals surface area (Å²) in [4.78, 5) is 0. The highest BCUT2D eigenvalue weighted by Gasteiger charge is 2.28. The Morgan fingerprint density at radius 3 is 1.00 bits per heavy atom. The molecule has 0 aliphatic carbocycles. The molecule has 0 aliphatic rings. The molecule has 0 unspecified atom stereocenters. The number of aryl methyl sites for hydroxylation is 6. The highest BCUT2D eigenvalue weighted by atomic mass is 31.1. The normalized spacial score (nSPS) is 11.6. The highest BCUT2D eigenvalue weighted by molar-refractivity contribution is 7.78. The minimum Gasteiger partial charge on any atom is -0.461 e. The Morgan fingerprint density at radius 2 is 0.818 bits per heavy atom. The average molecular weight is 316 g/mol. The van der Waals surface area contributed by atoms with E-state index in [1.807, 2.05) is 20.8 Å². The molecule has 22 heavy (non-hydrogen) atoms. The Bertz CT molecular complexity index is 651. The topological polar surface area (TPSA) is 39.4 Å². The van der Waals surface area contributed by atoms with Crippen molar-refractivity contribution in [3.05, 3.63) is 52.2 Å². The Labute approximate surface area is 132 Å². The maximum absolute atomic E-state index is 5.99. The van der Waals surface area contributed by atoms with Crippen LogP contribution in [0.4, 0.5) is 0 Å². The molecule has 0 aromatic carbocycles. The van der Waals surface area contributed by atoms with Gasteiger partial charge in [-0.25, -0.2) is 0 Å². The maximum Gasteiger partial charge on any atom is 0.141 e. The molecule has 0 bridgehead atoms. The van der Waals surface area contributed by atoms with Gasteiger partial charge in [-0.1, -0.05) is 0 Å². The van der Waals surface area contributed by atoms with Crippen LogP contribution in [-0.4, -0.2) is 0 Å². The minimum atomic E-state index is -0.932. The van der Waals surface area contributed by atoms with Crippen molar-refractivity contribution in [2.75, 3.05) is 0 Å². The molecule has 3 aromatic heterocycles. The van der Waals surface area contributed by atoms with Crippen molar-refractivity contribution in [1.82, 2.24) is 0 Å². The molecule has 3 heterocycles. The third kappa shape index (κ3) is 2.55. The summed E-state index contributed by atoms with van der Waals surface area (Å²) < 4.78 is 18.0. The first-order chi connectivity index (χ1) is 10.4. The third-order valence-electron chi connectivity index (χ3n) is 4.12. The Hall–Kier alpha value is -1.73. The van der Waals surface area contributed by atoms with Crippen LogP contribution < -0.4 is 16.5 Å². The molecule has 0 spiro atoms. The predicted octanol–water partition coefficient (Wildman–Crippen LogP) is 4.07. The lowest BCUT2D eigenvalue weighted by Crippen LogP contribution is -2.17. The number of hydrogen-bond acceptors (Lipinski definition) is 3. The van der Waals surface area contributed by atoms with Crippen LogP contribution in [0.2, 0.25) is 0 Å². The van der Waals surface area contributed by atoms with Crippen LogP contribution in [0.15, 0.2) is 31.5 Å². The van der Waals surface area contributed by atoms with Crippen LogP contribution in [-0.2, 0) is 0 Å². The van der Waals surface area contributed by atoms with Gasteiger partial charge in [0.15, 0.2) is 0 Å². The lowest BCUT2D eigenvalue weighted by Gasteiger charge is -2.09. The molecular formula is C18H21O3P. The van der Waals surface area contributed by atoms with Gasteiger partial charge in [0.1, 0.15) is 41.7 Å². The van der Waals surface area contributed by atoms with Gasteiger partial charge in [-0.15, -0.1) is 0 Å². The van der Waals surface area contributed by atoms with Gasteiger partial charge in [-0.3, -0.25) is 0 Å². The highest BCUT2D eigenvalue weighted by Crippen LogP contribution is 2.36. The standard InChI is InChI=1S/C18H21O3P/c1-10-7-16(19-13(10)4)22(17-8-11(2)14(5)20-17)18-9-12(3)15(6)21-18/h7-9H,1-6H3. The van der Waals surface area contributed by atoms with E-state index in [4.69, 9.17) is 13.3 Å². The van der Waals surface area contributed by atoms with Crippen molar-refractivity contribution in [1.29, 1.82) is 0 Å². The number of hydrogen-bond donors (Lipinski definition) is 0. The van der Waals surface area contributed by atoms with Crippen LogP contribution in [0.5, 0.6) is 0 Å². The fourth-order valence-corrected chi connectivity index (χ4v) is 4.62. The van der Waals surface area contributed by atoms with Crippen LogP contribution >= 0.6 is 7.92 Å². The second-order valence-electron chi connectivity index (χ2n) is 5.81. The van der Waals surface area contributed by atoms with Crippen LogP contribution in [0, 0.1) is 41.5 Å². The largest absolute Gasteiger partial charge is 0.461 e. The maximum atomic E-state index is 5.99. The first kappa shape index (κ1) is 15.2. The van der Waals surface area contributed by atoms with Gasteiger partial charge in [0.25, 0.3) is 0 Å². The first-order valence-electron chi connectivity index (χ1n) is 7.38. The molecule has 0 N–H and O–H groups in total. The monoisotopic (exact) mass is 316 g/mol. The summed E-state index contributed by atoms with van der Waals surface area (Å²) in [6.45, 7) is 12.2. The molecule has 0 atom stereocenters. The minimum absolute atomic E-state index is 0.924. The van der Waals surface area contributed by atoms with E-state index in [0.29, 0.717) is 0 Å². The predicted molar refractivity (Wildman–Crippen MR) is 90.4 cm³/mol. The summed E-state index contributed by atoms with van der Waals surface area (Å²) in [5, 5.41) is 0. The molecule has 0 saturated heterocycles. The van der Waals surface area contributed by atoms with E-state index in [0.717, 1.165) is 50.5 Å². The summed E-state index contributed by atoms with van der Waals surface area (Å²) in [6.07, 6.45) is 0. The molecule has 4 heteroatoms. The third-order valence-corrected chi connectivity index (χ3v) is 6.10. The summed E-state index contributed by atoms with van der Waals surface area (Å²) in [7, 11) is -0.932. The van der Waals surface area contributed by atoms with Crippen molar-refractivity contribution in [2.24, 2.45) is 0 Å². The van der Waals surface area contributed by atoms with Gasteiger partial charge in [0.2, 0.25) is 0 Å². The molecule has 0 aliphatic heterocycles. The van der Waals surface area contributed by atoms with E-state index in [2.05, 4.69) is 39.0 Å². The Kier molecular flexibility index (Phi) is 3.78. The molecule has 3 nitrogen and oxygen atoms in total. The van der Waals surface area contributed by atoms with E-state index in [1.54, 1.807) is 0 Å². The zero-order chi connectivity index (χ0) is 16.0. The summed E-state index contributed by atoms with van der Waals surface area (Å²) in [5.74, 6) is 2.84. The average Bonchev–Trinajstić information content (AvgIpc) is 3.04. The van der Waals surface area contributed by atoms with Crippen molar-refractivity contribution in [2.45, 2.75) is 41.5 Å². The second-order valence-corrected chi connectivity index (χ2v) is 7.80. The Balaban J connectivity index is 2.17. The molecule has 3 rings (SSSR count). The van der Waals surface area contributed by atoms with E-state index in [9.17, 15) is 0 Å². The van der Waals surface area contributed by atoms with E-state index in [-0.39, 0.29) is 0 Å². The van der Waals surface area contributed by atoms with Crippen molar-refractivity contribution in [3.8, 4) is 0 Å². The van der Waals surface area contributed by atoms with E-state index >= 15 is 0 Å². The van der Waals surface area contributed by atoms with E-state index < -0.39 is 7.92 Å². The van der Waals surface area contributed by atoms with Crippen LogP contribution in [0.25, 0.3) is 0 Å². The van der Waals surface area contributed by atoms with E-state index in [1.165, 1.54) is 0 Å². The summed E-state index contributed by atoms with van der Waals surface area (Å²) in [6, 6.07) is 6.30. The van der Waals surface area contributed by atoms with Gasteiger partial charge >= 0.3 is 0 Å². The van der Waals surface area contributed by atoms with Gasteiger partial charge < -0.3 is 13.3 Å². The molecule has 116 valence electrons. The quantitative estimate of drug-likeness (QED) is 0.684. The number of rotatable bonds is 3. The molecule has 3 aromatic rings. The van der Waals surface area contributed by atoms with Crippen LogP contribution in [0.1, 0.15) is 34.0 Å². The molecule has 0 radical (unpaired) electrons. The molecule has 0 fully saturated rings. The zero-order valence-electron chi connectivity index (χ0n) is 13.9. The zero-order valence-corrected chi connectivity index (χ0v) is 14.8. The second kappa shape index (κ2) is 5.48. The van der Waals surface area contributed by atoms with Gasteiger partial charge in [0, 0.05) is 0 Å². The van der Waals surface area contributed by atoms with Crippen LogP contribution in [0.3, 0.4) is 0 Å². The fraction of sp³-hybridized carbons (Fsp3) is 0.333. The molecule has 0 amide bonds. The smallest absolute Gasteiger partial charge is 0.141 e. The molecular weight excluding hydrogens is 295 g/mol. The van der Waals surface area contributed by atoms with Gasteiger partial charge in [-0.2, -0.15) is 0 Å². The lowest BCUT2D eigenvalue weighted by atomic mass is 10.3. The fourth-order valence-electron chi connectivity index (χ4n) is 2.32. The summed E-state index contributed by atoms with van der Waals surface area (Å²) >= 11 is 0. The Morgan fingerprint density at radius 1 is 0.545 bits per heavy atom. The van der Waals surface area contributed by atoms with Gasteiger partial charge in [0.05, 0.1) is 0 Å².